The molecule has 0 unspecified atom stereocenters. The summed E-state index contributed by atoms with van der Waals surface area (Å²) < 4.78 is 10.4. The number of hydrogen-bond acceptors (Lipinski definition) is 4. The fraction of sp³-hybridized carbons (Fsp3) is 0.600. The second-order valence-corrected chi connectivity index (χ2v) is 6.53. The highest BCUT2D eigenvalue weighted by molar-refractivity contribution is 5.68. The molecule has 0 bridgehead atoms. The van der Waals surface area contributed by atoms with Crippen molar-refractivity contribution in [1.29, 1.82) is 0 Å². The average molecular weight is 338 g/mol. The molecule has 0 aromatic heterocycles. The van der Waals surface area contributed by atoms with Crippen LogP contribution < -0.4 is 9.47 Å². The minimum absolute atomic E-state index is 0.00387. The van der Waals surface area contributed by atoms with Gasteiger partial charge in [-0.05, 0) is 19.8 Å². The van der Waals surface area contributed by atoms with Gasteiger partial charge in [-0.15, -0.1) is 0 Å². The first-order valence-electron chi connectivity index (χ1n) is 8.44. The van der Waals surface area contributed by atoms with Crippen molar-refractivity contribution < 1.29 is 19.7 Å². The van der Waals surface area contributed by atoms with Crippen LogP contribution in [0.4, 0.5) is 0 Å². The average Bonchev–Trinajstić information content (AvgIpc) is 2.51. The molecule has 0 amide bonds. The van der Waals surface area contributed by atoms with Gasteiger partial charge in [0, 0.05) is 16.5 Å². The Hall–Kier alpha value is -1.84. The van der Waals surface area contributed by atoms with E-state index in [-0.39, 0.29) is 23.0 Å². The molecule has 0 heterocycles. The SMILES string of the molecule is CC.COc1c(O)c(C)c(C(C)(C)/C=C(\C)C(C)C)c(O)c1OC. The number of ether oxygens (including phenoxy) is 2. The van der Waals surface area contributed by atoms with Gasteiger partial charge in [0.05, 0.1) is 14.2 Å². The summed E-state index contributed by atoms with van der Waals surface area (Å²) in [4.78, 5) is 0. The molecular formula is C20H34O4. The first-order chi connectivity index (χ1) is 11.1. The highest BCUT2D eigenvalue weighted by Gasteiger charge is 2.31. The largest absolute Gasteiger partial charge is 0.504 e. The molecule has 0 atom stereocenters. The van der Waals surface area contributed by atoms with E-state index in [1.165, 1.54) is 19.8 Å². The van der Waals surface area contributed by atoms with Crippen LogP contribution in [0.3, 0.4) is 0 Å². The summed E-state index contributed by atoms with van der Waals surface area (Å²) in [5, 5.41) is 21.0. The maximum absolute atomic E-state index is 10.6. The summed E-state index contributed by atoms with van der Waals surface area (Å²) in [5.74, 6) is 0.727. The Labute approximate surface area is 147 Å². The number of phenols is 2. The van der Waals surface area contributed by atoms with E-state index >= 15 is 0 Å². The molecular weight excluding hydrogens is 304 g/mol. The summed E-state index contributed by atoms with van der Waals surface area (Å²) in [6.45, 7) is 16.1. The second kappa shape index (κ2) is 8.86. The molecule has 24 heavy (non-hydrogen) atoms. The van der Waals surface area contributed by atoms with Gasteiger partial charge in [-0.25, -0.2) is 0 Å². The molecule has 4 nitrogen and oxygen atoms in total. The molecule has 0 aliphatic heterocycles. The Balaban J connectivity index is 0.00000254. The van der Waals surface area contributed by atoms with Crippen LogP contribution in [0.25, 0.3) is 0 Å². The summed E-state index contributed by atoms with van der Waals surface area (Å²) in [5.41, 5.74) is 1.99. The molecule has 0 saturated carbocycles. The molecule has 1 rings (SSSR count). The molecule has 0 saturated heterocycles. The lowest BCUT2D eigenvalue weighted by atomic mass is 9.78. The summed E-state index contributed by atoms with van der Waals surface area (Å²) >= 11 is 0. The normalized spacial score (nSPS) is 11.9. The Kier molecular flexibility index (Phi) is 8.18. The number of phenolic OH excluding ortho intramolecular Hbond substituents is 2. The molecule has 138 valence electrons. The van der Waals surface area contributed by atoms with E-state index in [0.717, 1.165) is 0 Å². The maximum Gasteiger partial charge on any atom is 0.207 e. The van der Waals surface area contributed by atoms with Gasteiger partial charge < -0.3 is 19.7 Å². The van der Waals surface area contributed by atoms with Gasteiger partial charge in [0.1, 0.15) is 0 Å². The van der Waals surface area contributed by atoms with Crippen LogP contribution >= 0.6 is 0 Å². The highest BCUT2D eigenvalue weighted by Crippen LogP contribution is 2.52. The number of rotatable bonds is 5. The van der Waals surface area contributed by atoms with Crippen LogP contribution in [0.1, 0.15) is 59.6 Å². The Morgan fingerprint density at radius 2 is 1.42 bits per heavy atom. The van der Waals surface area contributed by atoms with Crippen molar-refractivity contribution in [3.8, 4) is 23.0 Å². The first kappa shape index (κ1) is 22.2. The third-order valence-electron chi connectivity index (χ3n) is 4.16. The topological polar surface area (TPSA) is 58.9 Å². The smallest absolute Gasteiger partial charge is 0.207 e. The minimum atomic E-state index is -0.459. The number of allylic oxidation sites excluding steroid dienone is 2. The molecule has 4 heteroatoms. The Morgan fingerprint density at radius 1 is 1.00 bits per heavy atom. The number of aromatic hydroxyl groups is 2. The number of benzene rings is 1. The Morgan fingerprint density at radius 3 is 1.79 bits per heavy atom. The summed E-state index contributed by atoms with van der Waals surface area (Å²) in [7, 11) is 2.88. The molecule has 0 aliphatic rings. The van der Waals surface area contributed by atoms with Crippen LogP contribution in [0.15, 0.2) is 11.6 Å². The van der Waals surface area contributed by atoms with Crippen LogP contribution in [0.5, 0.6) is 23.0 Å². The predicted octanol–water partition coefficient (Wildman–Crippen LogP) is 5.33. The molecule has 0 radical (unpaired) electrons. The van der Waals surface area contributed by atoms with Crippen LogP contribution in [0.2, 0.25) is 0 Å². The molecule has 1 aromatic carbocycles. The summed E-state index contributed by atoms with van der Waals surface area (Å²) in [6, 6.07) is 0. The minimum Gasteiger partial charge on any atom is -0.504 e. The summed E-state index contributed by atoms with van der Waals surface area (Å²) in [6.07, 6.45) is 2.12. The van der Waals surface area contributed by atoms with E-state index in [1.807, 2.05) is 27.7 Å². The van der Waals surface area contributed by atoms with Crippen molar-refractivity contribution in [2.75, 3.05) is 14.2 Å². The lowest BCUT2D eigenvalue weighted by Crippen LogP contribution is -2.18. The van der Waals surface area contributed by atoms with Crippen LogP contribution in [-0.4, -0.2) is 24.4 Å². The van der Waals surface area contributed by atoms with Crippen molar-refractivity contribution in [3.63, 3.8) is 0 Å². The third kappa shape index (κ3) is 4.37. The van der Waals surface area contributed by atoms with E-state index in [0.29, 0.717) is 17.0 Å². The third-order valence-corrected chi connectivity index (χ3v) is 4.16. The van der Waals surface area contributed by atoms with Crippen molar-refractivity contribution in [3.05, 3.63) is 22.8 Å². The molecule has 2 N–H and O–H groups in total. The van der Waals surface area contributed by atoms with Crippen LogP contribution in [0, 0.1) is 12.8 Å². The van der Waals surface area contributed by atoms with Gasteiger partial charge >= 0.3 is 0 Å². The molecule has 0 aliphatic carbocycles. The molecule has 0 fully saturated rings. The van der Waals surface area contributed by atoms with Gasteiger partial charge in [0.15, 0.2) is 11.5 Å². The van der Waals surface area contributed by atoms with Gasteiger partial charge in [-0.3, -0.25) is 0 Å². The molecule has 1 aromatic rings. The van der Waals surface area contributed by atoms with Crippen molar-refractivity contribution in [2.24, 2.45) is 5.92 Å². The predicted molar refractivity (Wildman–Crippen MR) is 101 cm³/mol. The fourth-order valence-electron chi connectivity index (χ4n) is 2.77. The number of hydrogen-bond donors (Lipinski definition) is 2. The van der Waals surface area contributed by atoms with Gasteiger partial charge in [-0.1, -0.05) is 53.2 Å². The number of methoxy groups -OCH3 is 2. The van der Waals surface area contributed by atoms with E-state index in [1.54, 1.807) is 6.92 Å². The zero-order valence-electron chi connectivity index (χ0n) is 16.9. The standard InChI is InChI=1S/C18H28O4.C2H6/c1-10(2)11(3)9-18(5,6)13-12(4)14(19)16(21-7)17(22-8)15(13)20;1-2/h9-10,19-20H,1-8H3;1-2H3/b11-9+;. The Bertz CT molecular complexity index is 584. The lowest BCUT2D eigenvalue weighted by molar-refractivity contribution is 0.311. The maximum atomic E-state index is 10.6. The van der Waals surface area contributed by atoms with Gasteiger partial charge in [0.2, 0.25) is 11.5 Å². The van der Waals surface area contributed by atoms with E-state index in [9.17, 15) is 10.2 Å². The van der Waals surface area contributed by atoms with E-state index in [2.05, 4.69) is 26.8 Å². The first-order valence-corrected chi connectivity index (χ1v) is 8.44. The van der Waals surface area contributed by atoms with E-state index in [4.69, 9.17) is 9.47 Å². The van der Waals surface area contributed by atoms with Crippen molar-refractivity contribution >= 4 is 0 Å². The molecule has 0 spiro atoms. The fourth-order valence-corrected chi connectivity index (χ4v) is 2.77. The van der Waals surface area contributed by atoms with E-state index < -0.39 is 5.41 Å². The van der Waals surface area contributed by atoms with Gasteiger partial charge in [0.25, 0.3) is 0 Å². The van der Waals surface area contributed by atoms with Crippen molar-refractivity contribution in [1.82, 2.24) is 0 Å². The quantitative estimate of drug-likeness (QED) is 0.563. The van der Waals surface area contributed by atoms with Crippen molar-refractivity contribution in [2.45, 2.75) is 60.8 Å². The second-order valence-electron chi connectivity index (χ2n) is 6.53. The van der Waals surface area contributed by atoms with Crippen LogP contribution in [-0.2, 0) is 5.41 Å². The van der Waals surface area contributed by atoms with Gasteiger partial charge in [-0.2, -0.15) is 0 Å². The zero-order chi connectivity index (χ0) is 19.2. The lowest BCUT2D eigenvalue weighted by Gasteiger charge is -2.28. The highest BCUT2D eigenvalue weighted by atomic mass is 16.5. The monoisotopic (exact) mass is 338 g/mol. The zero-order valence-corrected chi connectivity index (χ0v) is 16.9.